The van der Waals surface area contributed by atoms with Gasteiger partial charge in [-0.3, -0.25) is 4.79 Å². The molecule has 0 unspecified atom stereocenters. The highest BCUT2D eigenvalue weighted by Gasteiger charge is 2.11. The monoisotopic (exact) mass is 179 g/mol. The van der Waals surface area contributed by atoms with Crippen molar-refractivity contribution in [2.45, 2.75) is 19.9 Å². The molecular formula is C7H14ClNO2. The molecule has 0 radical (unpaired) electrons. The Hall–Kier alpha value is -0.280. The maximum absolute atomic E-state index is 10.9. The Kier molecular flexibility index (Phi) is 6.27. The Labute approximate surface area is 72.1 Å². The summed E-state index contributed by atoms with van der Waals surface area (Å²) in [6.45, 7) is 4.59. The zero-order valence-corrected chi connectivity index (χ0v) is 7.65. The van der Waals surface area contributed by atoms with E-state index in [4.69, 9.17) is 16.3 Å². The first-order chi connectivity index (χ1) is 5.22. The first-order valence-corrected chi connectivity index (χ1v) is 4.21. The summed E-state index contributed by atoms with van der Waals surface area (Å²) in [5.41, 5.74) is 0. The minimum atomic E-state index is -0.256. The predicted molar refractivity (Wildman–Crippen MR) is 44.8 cm³/mol. The first kappa shape index (κ1) is 10.7. The van der Waals surface area contributed by atoms with Gasteiger partial charge < -0.3 is 10.1 Å². The second-order valence-corrected chi connectivity index (χ2v) is 2.49. The molecule has 0 saturated heterocycles. The molecular weight excluding hydrogens is 166 g/mol. The van der Waals surface area contributed by atoms with Gasteiger partial charge in [-0.2, -0.15) is 0 Å². The Morgan fingerprint density at radius 3 is 2.82 bits per heavy atom. The van der Waals surface area contributed by atoms with Crippen LogP contribution in [-0.2, 0) is 9.53 Å². The summed E-state index contributed by atoms with van der Waals surface area (Å²) in [7, 11) is 0. The van der Waals surface area contributed by atoms with Gasteiger partial charge in [0.1, 0.15) is 6.04 Å². The van der Waals surface area contributed by atoms with Gasteiger partial charge in [0.15, 0.2) is 0 Å². The second kappa shape index (κ2) is 6.43. The molecule has 0 spiro atoms. The van der Waals surface area contributed by atoms with Crippen molar-refractivity contribution >= 4 is 17.6 Å². The fraction of sp³-hybridized carbons (Fsp3) is 0.857. The maximum Gasteiger partial charge on any atom is 0.322 e. The summed E-state index contributed by atoms with van der Waals surface area (Å²) in [5.74, 6) is 0.279. The van der Waals surface area contributed by atoms with Crippen molar-refractivity contribution in [3.8, 4) is 0 Å². The van der Waals surface area contributed by atoms with E-state index >= 15 is 0 Å². The molecule has 3 nitrogen and oxygen atoms in total. The third-order valence-corrected chi connectivity index (χ3v) is 1.37. The van der Waals surface area contributed by atoms with Crippen LogP contribution in [0.25, 0.3) is 0 Å². The van der Waals surface area contributed by atoms with Crippen LogP contribution in [0.3, 0.4) is 0 Å². The van der Waals surface area contributed by atoms with Crippen molar-refractivity contribution in [1.82, 2.24) is 5.32 Å². The highest BCUT2D eigenvalue weighted by molar-refractivity contribution is 6.18. The molecule has 0 aromatic carbocycles. The van der Waals surface area contributed by atoms with Crippen LogP contribution < -0.4 is 5.32 Å². The fourth-order valence-electron chi connectivity index (χ4n) is 0.622. The van der Waals surface area contributed by atoms with E-state index in [-0.39, 0.29) is 12.0 Å². The van der Waals surface area contributed by atoms with Gasteiger partial charge in [-0.25, -0.2) is 0 Å². The molecule has 0 aliphatic rings. The molecule has 66 valence electrons. The lowest BCUT2D eigenvalue weighted by atomic mass is 10.3. The van der Waals surface area contributed by atoms with Crippen LogP contribution in [0.15, 0.2) is 0 Å². The molecule has 1 atom stereocenters. The summed E-state index contributed by atoms with van der Waals surface area (Å²) < 4.78 is 4.76. The van der Waals surface area contributed by atoms with Gasteiger partial charge in [0.25, 0.3) is 0 Å². The fourth-order valence-corrected chi connectivity index (χ4v) is 0.731. The lowest BCUT2D eigenvalue weighted by Gasteiger charge is -2.10. The van der Waals surface area contributed by atoms with E-state index in [9.17, 15) is 4.79 Å². The zero-order chi connectivity index (χ0) is 8.69. The smallest absolute Gasteiger partial charge is 0.322 e. The molecule has 4 heteroatoms. The highest BCUT2D eigenvalue weighted by Crippen LogP contribution is 1.87. The van der Waals surface area contributed by atoms with Crippen molar-refractivity contribution in [2.24, 2.45) is 0 Å². The van der Waals surface area contributed by atoms with E-state index in [1.807, 2.05) is 0 Å². The zero-order valence-electron chi connectivity index (χ0n) is 6.89. The third-order valence-electron chi connectivity index (χ3n) is 1.19. The Morgan fingerprint density at radius 2 is 2.36 bits per heavy atom. The number of ether oxygens (including phenoxy) is 1. The summed E-state index contributed by atoms with van der Waals surface area (Å²) in [4.78, 5) is 10.9. The largest absolute Gasteiger partial charge is 0.465 e. The normalized spacial score (nSPS) is 12.6. The molecule has 0 aliphatic carbocycles. The van der Waals surface area contributed by atoms with Crippen molar-refractivity contribution in [2.75, 3.05) is 19.0 Å². The summed E-state index contributed by atoms with van der Waals surface area (Å²) in [6.07, 6.45) is 0. The standard InChI is InChI=1S/C7H14ClNO2/c1-3-11-7(10)6(2)9-5-4-8/h6,9H,3-5H2,1-2H3/t6-/m1/s1. The van der Waals surface area contributed by atoms with E-state index in [2.05, 4.69) is 5.32 Å². The van der Waals surface area contributed by atoms with Gasteiger partial charge in [0.05, 0.1) is 6.61 Å². The van der Waals surface area contributed by atoms with Gasteiger partial charge in [0.2, 0.25) is 0 Å². The third kappa shape index (κ3) is 5.04. The molecule has 0 aliphatic heterocycles. The minimum absolute atomic E-state index is 0.224. The van der Waals surface area contributed by atoms with Crippen molar-refractivity contribution in [3.05, 3.63) is 0 Å². The van der Waals surface area contributed by atoms with E-state index in [1.54, 1.807) is 13.8 Å². The van der Waals surface area contributed by atoms with Crippen molar-refractivity contribution in [3.63, 3.8) is 0 Å². The van der Waals surface area contributed by atoms with E-state index in [0.29, 0.717) is 19.0 Å². The molecule has 0 amide bonds. The molecule has 0 heterocycles. The highest BCUT2D eigenvalue weighted by atomic mass is 35.5. The molecule has 11 heavy (non-hydrogen) atoms. The van der Waals surface area contributed by atoms with E-state index in [0.717, 1.165) is 0 Å². The molecule has 0 fully saturated rings. The Bertz CT molecular complexity index is 119. The number of hydrogen-bond acceptors (Lipinski definition) is 3. The van der Waals surface area contributed by atoms with E-state index < -0.39 is 0 Å². The molecule has 0 aromatic heterocycles. The van der Waals surface area contributed by atoms with Crippen molar-refractivity contribution in [1.29, 1.82) is 0 Å². The van der Waals surface area contributed by atoms with Gasteiger partial charge >= 0.3 is 5.97 Å². The number of carbonyl (C=O) groups is 1. The lowest BCUT2D eigenvalue weighted by Crippen LogP contribution is -2.36. The predicted octanol–water partition coefficient (Wildman–Crippen LogP) is 0.766. The molecule has 0 rings (SSSR count). The number of hydrogen-bond donors (Lipinski definition) is 1. The van der Waals surface area contributed by atoms with Gasteiger partial charge in [-0.15, -0.1) is 11.6 Å². The molecule has 0 saturated carbocycles. The number of rotatable bonds is 5. The number of alkyl halides is 1. The van der Waals surface area contributed by atoms with Crippen molar-refractivity contribution < 1.29 is 9.53 Å². The number of halogens is 1. The summed E-state index contributed by atoms with van der Waals surface area (Å²) >= 11 is 5.41. The number of esters is 1. The Morgan fingerprint density at radius 1 is 1.73 bits per heavy atom. The van der Waals surface area contributed by atoms with E-state index in [1.165, 1.54) is 0 Å². The van der Waals surface area contributed by atoms with Crippen LogP contribution in [0.4, 0.5) is 0 Å². The SMILES string of the molecule is CCOC(=O)[C@@H](C)NCCCl. The molecule has 1 N–H and O–H groups in total. The van der Waals surface area contributed by atoms with Crippen LogP contribution in [0, 0.1) is 0 Å². The average molecular weight is 180 g/mol. The van der Waals surface area contributed by atoms with Crippen LogP contribution in [0.1, 0.15) is 13.8 Å². The Balaban J connectivity index is 3.46. The average Bonchev–Trinajstić information content (AvgIpc) is 2.00. The van der Waals surface area contributed by atoms with Gasteiger partial charge in [0, 0.05) is 12.4 Å². The van der Waals surface area contributed by atoms with Crippen LogP contribution in [0.2, 0.25) is 0 Å². The minimum Gasteiger partial charge on any atom is -0.465 e. The maximum atomic E-state index is 10.9. The number of nitrogens with one attached hydrogen (secondary N) is 1. The number of carbonyl (C=O) groups excluding carboxylic acids is 1. The van der Waals surface area contributed by atoms with Gasteiger partial charge in [-0.05, 0) is 13.8 Å². The summed E-state index contributed by atoms with van der Waals surface area (Å²) in [5, 5.41) is 2.91. The van der Waals surface area contributed by atoms with Crippen LogP contribution >= 0.6 is 11.6 Å². The van der Waals surface area contributed by atoms with Crippen LogP contribution in [0.5, 0.6) is 0 Å². The summed E-state index contributed by atoms with van der Waals surface area (Å²) in [6, 6.07) is -0.256. The molecule has 0 aromatic rings. The molecule has 0 bridgehead atoms. The van der Waals surface area contributed by atoms with Gasteiger partial charge in [-0.1, -0.05) is 0 Å². The quantitative estimate of drug-likeness (QED) is 0.501. The second-order valence-electron chi connectivity index (χ2n) is 2.12. The topological polar surface area (TPSA) is 38.3 Å². The lowest BCUT2D eigenvalue weighted by molar-refractivity contribution is -0.145. The van der Waals surface area contributed by atoms with Crippen LogP contribution in [-0.4, -0.2) is 31.0 Å². The first-order valence-electron chi connectivity index (χ1n) is 3.68.